The van der Waals surface area contributed by atoms with Gasteiger partial charge in [0.05, 0.1) is 17.7 Å². The van der Waals surface area contributed by atoms with Gasteiger partial charge in [0.1, 0.15) is 5.76 Å². The molecule has 6 nitrogen and oxygen atoms in total. The van der Waals surface area contributed by atoms with Gasteiger partial charge >= 0.3 is 0 Å². The quantitative estimate of drug-likeness (QED) is 0.568. The molecule has 0 radical (unpaired) electrons. The van der Waals surface area contributed by atoms with Gasteiger partial charge in [-0.05, 0) is 54.1 Å². The number of amides is 1. The fraction of sp³-hybridized carbons (Fsp3) is 0.0500. The molecule has 28 heavy (non-hydrogen) atoms. The van der Waals surface area contributed by atoms with E-state index < -0.39 is 10.0 Å². The van der Waals surface area contributed by atoms with Crippen molar-refractivity contribution in [1.29, 1.82) is 0 Å². The van der Waals surface area contributed by atoms with Gasteiger partial charge in [-0.3, -0.25) is 4.79 Å². The minimum absolute atomic E-state index is 0.0375. The molecule has 0 aliphatic rings. The van der Waals surface area contributed by atoms with Crippen LogP contribution in [0.1, 0.15) is 11.3 Å². The Balaban J connectivity index is 1.65. The Kier molecular flexibility index (Phi) is 6.30. The summed E-state index contributed by atoms with van der Waals surface area (Å²) in [6.45, 7) is 0.0375. The van der Waals surface area contributed by atoms with Crippen LogP contribution in [0.3, 0.4) is 0 Å². The Labute approximate surface area is 167 Å². The average molecular weight is 417 g/mol. The summed E-state index contributed by atoms with van der Waals surface area (Å²) in [6, 6.07) is 16.4. The molecule has 144 valence electrons. The zero-order chi connectivity index (χ0) is 20.0. The molecule has 0 saturated carbocycles. The Bertz CT molecular complexity index is 1080. The van der Waals surface area contributed by atoms with E-state index in [1.54, 1.807) is 54.6 Å². The monoisotopic (exact) mass is 416 g/mol. The van der Waals surface area contributed by atoms with Gasteiger partial charge in [0.25, 0.3) is 0 Å². The van der Waals surface area contributed by atoms with E-state index in [0.717, 1.165) is 5.56 Å². The molecule has 1 heterocycles. The lowest BCUT2D eigenvalue weighted by Crippen LogP contribution is -2.23. The largest absolute Gasteiger partial charge is 0.468 e. The highest BCUT2D eigenvalue weighted by atomic mass is 35.5. The standard InChI is InChI=1S/C20H17ClN2O4S/c21-16-9-6-15(7-10-16)8-11-20(24)23-17-3-1-5-19(13-17)28(25,26)22-14-18-4-2-12-27-18/h1-13,22H,14H2,(H,23,24)/b11-8+. The summed E-state index contributed by atoms with van der Waals surface area (Å²) >= 11 is 5.82. The van der Waals surface area contributed by atoms with E-state index in [1.165, 1.54) is 24.5 Å². The third-order valence-corrected chi connectivity index (χ3v) is 5.38. The van der Waals surface area contributed by atoms with E-state index in [1.807, 2.05) is 0 Å². The molecule has 0 aliphatic heterocycles. The van der Waals surface area contributed by atoms with Crippen LogP contribution in [-0.4, -0.2) is 14.3 Å². The van der Waals surface area contributed by atoms with Crippen LogP contribution in [0.5, 0.6) is 0 Å². The molecule has 0 unspecified atom stereocenters. The third kappa shape index (κ3) is 5.56. The number of halogens is 1. The number of sulfonamides is 1. The molecule has 2 N–H and O–H groups in total. The van der Waals surface area contributed by atoms with Gasteiger partial charge in [-0.1, -0.05) is 29.8 Å². The van der Waals surface area contributed by atoms with Crippen LogP contribution in [-0.2, 0) is 21.4 Å². The molecule has 0 atom stereocenters. The Morgan fingerprint density at radius 1 is 1.07 bits per heavy atom. The molecule has 3 aromatic rings. The molecular formula is C20H17ClN2O4S. The first kappa shape index (κ1) is 19.9. The first-order valence-electron chi connectivity index (χ1n) is 8.29. The number of rotatable bonds is 7. The average Bonchev–Trinajstić information content (AvgIpc) is 3.20. The lowest BCUT2D eigenvalue weighted by atomic mass is 10.2. The summed E-state index contributed by atoms with van der Waals surface area (Å²) in [5.74, 6) is 0.119. The maximum absolute atomic E-state index is 12.4. The molecule has 2 aromatic carbocycles. The smallest absolute Gasteiger partial charge is 0.248 e. The van der Waals surface area contributed by atoms with Gasteiger partial charge in [0.15, 0.2) is 0 Å². The van der Waals surface area contributed by atoms with Crippen molar-refractivity contribution in [2.24, 2.45) is 0 Å². The van der Waals surface area contributed by atoms with Crippen LogP contribution in [0.15, 0.2) is 82.3 Å². The summed E-state index contributed by atoms with van der Waals surface area (Å²) < 4.78 is 32.4. The number of carbonyl (C=O) groups excluding carboxylic acids is 1. The van der Waals surface area contributed by atoms with Gasteiger partial charge in [-0.15, -0.1) is 0 Å². The van der Waals surface area contributed by atoms with Crippen LogP contribution in [0.4, 0.5) is 5.69 Å². The fourth-order valence-electron chi connectivity index (χ4n) is 2.33. The van der Waals surface area contributed by atoms with Crippen molar-refractivity contribution in [3.05, 3.63) is 89.3 Å². The van der Waals surface area contributed by atoms with Crippen molar-refractivity contribution in [2.45, 2.75) is 11.4 Å². The van der Waals surface area contributed by atoms with Crippen molar-refractivity contribution in [1.82, 2.24) is 4.72 Å². The van der Waals surface area contributed by atoms with Crippen molar-refractivity contribution < 1.29 is 17.6 Å². The second-order valence-corrected chi connectivity index (χ2v) is 8.01. The van der Waals surface area contributed by atoms with Gasteiger partial charge in [0.2, 0.25) is 15.9 Å². The Hall–Kier alpha value is -2.87. The third-order valence-electron chi connectivity index (χ3n) is 3.73. The minimum Gasteiger partial charge on any atom is -0.468 e. The SMILES string of the molecule is O=C(/C=C/c1ccc(Cl)cc1)Nc1cccc(S(=O)(=O)NCc2ccco2)c1. The predicted molar refractivity (Wildman–Crippen MR) is 108 cm³/mol. The first-order valence-corrected chi connectivity index (χ1v) is 10.2. The molecule has 0 aliphatic carbocycles. The Morgan fingerprint density at radius 2 is 1.86 bits per heavy atom. The summed E-state index contributed by atoms with van der Waals surface area (Å²) in [7, 11) is -3.75. The number of benzene rings is 2. The molecule has 0 saturated heterocycles. The van der Waals surface area contributed by atoms with Crippen LogP contribution >= 0.6 is 11.6 Å². The maximum Gasteiger partial charge on any atom is 0.248 e. The zero-order valence-corrected chi connectivity index (χ0v) is 16.2. The van der Waals surface area contributed by atoms with Gasteiger partial charge in [-0.2, -0.15) is 0 Å². The van der Waals surface area contributed by atoms with Gasteiger partial charge in [-0.25, -0.2) is 13.1 Å². The van der Waals surface area contributed by atoms with E-state index in [-0.39, 0.29) is 17.3 Å². The van der Waals surface area contributed by atoms with E-state index in [0.29, 0.717) is 16.5 Å². The Morgan fingerprint density at radius 3 is 2.57 bits per heavy atom. The summed E-state index contributed by atoms with van der Waals surface area (Å²) in [5, 5.41) is 3.25. The van der Waals surface area contributed by atoms with Crippen molar-refractivity contribution in [2.75, 3.05) is 5.32 Å². The number of furan rings is 1. The highest BCUT2D eigenvalue weighted by Crippen LogP contribution is 2.16. The second-order valence-electron chi connectivity index (χ2n) is 5.81. The van der Waals surface area contributed by atoms with E-state index >= 15 is 0 Å². The first-order chi connectivity index (χ1) is 13.4. The van der Waals surface area contributed by atoms with E-state index in [2.05, 4.69) is 10.0 Å². The maximum atomic E-state index is 12.4. The van der Waals surface area contributed by atoms with Crippen LogP contribution in [0.2, 0.25) is 5.02 Å². The lowest BCUT2D eigenvalue weighted by Gasteiger charge is -2.08. The van der Waals surface area contributed by atoms with Crippen molar-refractivity contribution in [3.63, 3.8) is 0 Å². The number of carbonyl (C=O) groups is 1. The fourth-order valence-corrected chi connectivity index (χ4v) is 3.50. The summed E-state index contributed by atoms with van der Waals surface area (Å²) in [5.41, 5.74) is 1.18. The minimum atomic E-state index is -3.75. The summed E-state index contributed by atoms with van der Waals surface area (Å²) in [6.07, 6.45) is 4.47. The number of hydrogen-bond donors (Lipinski definition) is 2. The topological polar surface area (TPSA) is 88.4 Å². The molecule has 0 fully saturated rings. The lowest BCUT2D eigenvalue weighted by molar-refractivity contribution is -0.111. The van der Waals surface area contributed by atoms with Crippen molar-refractivity contribution >= 4 is 39.3 Å². The number of anilines is 1. The molecule has 1 amide bonds. The number of nitrogens with one attached hydrogen (secondary N) is 2. The molecule has 0 spiro atoms. The van der Waals surface area contributed by atoms with Crippen LogP contribution < -0.4 is 10.0 Å². The zero-order valence-electron chi connectivity index (χ0n) is 14.6. The van der Waals surface area contributed by atoms with Crippen LogP contribution in [0.25, 0.3) is 6.08 Å². The highest BCUT2D eigenvalue weighted by Gasteiger charge is 2.15. The van der Waals surface area contributed by atoms with E-state index in [9.17, 15) is 13.2 Å². The highest BCUT2D eigenvalue weighted by molar-refractivity contribution is 7.89. The van der Waals surface area contributed by atoms with Gasteiger partial charge < -0.3 is 9.73 Å². The molecule has 0 bridgehead atoms. The van der Waals surface area contributed by atoms with Gasteiger partial charge in [0, 0.05) is 16.8 Å². The number of hydrogen-bond acceptors (Lipinski definition) is 4. The van der Waals surface area contributed by atoms with Crippen molar-refractivity contribution in [3.8, 4) is 0 Å². The molecule has 1 aromatic heterocycles. The van der Waals surface area contributed by atoms with Crippen LogP contribution in [0, 0.1) is 0 Å². The molecule has 8 heteroatoms. The molecular weight excluding hydrogens is 400 g/mol. The van der Waals surface area contributed by atoms with E-state index in [4.69, 9.17) is 16.0 Å². The predicted octanol–water partition coefficient (Wildman–Crippen LogP) is 4.06. The molecule has 3 rings (SSSR count). The normalized spacial score (nSPS) is 11.6. The second kappa shape index (κ2) is 8.88. The summed E-state index contributed by atoms with van der Waals surface area (Å²) in [4.78, 5) is 12.1.